The summed E-state index contributed by atoms with van der Waals surface area (Å²) in [5.74, 6) is -0.491. The van der Waals surface area contributed by atoms with Crippen molar-refractivity contribution >= 4 is 17.3 Å². The van der Waals surface area contributed by atoms with Crippen LogP contribution in [0.25, 0.3) is 0 Å². The minimum atomic E-state index is -0.845. The summed E-state index contributed by atoms with van der Waals surface area (Å²) in [6, 6.07) is 1.88. The van der Waals surface area contributed by atoms with Gasteiger partial charge in [0.2, 0.25) is 0 Å². The maximum atomic E-state index is 10.9. The normalized spacial score (nSPS) is 21.4. The van der Waals surface area contributed by atoms with E-state index in [1.807, 2.05) is 11.4 Å². The highest BCUT2D eigenvalue weighted by atomic mass is 32.1. The van der Waals surface area contributed by atoms with Crippen LogP contribution in [0.3, 0.4) is 0 Å². The minimum absolute atomic E-state index is 0.228. The second-order valence-electron chi connectivity index (χ2n) is 4.15. The Hall–Kier alpha value is -0.910. The van der Waals surface area contributed by atoms with Gasteiger partial charge in [0.25, 0.3) is 0 Å². The zero-order valence-corrected chi connectivity index (χ0v) is 9.74. The van der Waals surface area contributed by atoms with Gasteiger partial charge in [0.05, 0.1) is 0 Å². The van der Waals surface area contributed by atoms with E-state index in [2.05, 4.69) is 4.90 Å². The molecule has 4 nitrogen and oxygen atoms in total. The van der Waals surface area contributed by atoms with Crippen LogP contribution in [0.15, 0.2) is 11.4 Å². The quantitative estimate of drug-likeness (QED) is 0.833. The Morgan fingerprint density at radius 3 is 3.06 bits per heavy atom. The van der Waals surface area contributed by atoms with Gasteiger partial charge in [-0.25, -0.2) is 4.79 Å². The third-order valence-electron chi connectivity index (χ3n) is 2.96. The fourth-order valence-corrected chi connectivity index (χ4v) is 2.85. The van der Waals surface area contributed by atoms with Gasteiger partial charge in [-0.15, -0.1) is 11.3 Å². The molecular weight excluding hydrogens is 226 g/mol. The lowest BCUT2D eigenvalue weighted by atomic mass is 10.1. The van der Waals surface area contributed by atoms with Crippen molar-refractivity contribution in [2.45, 2.75) is 13.0 Å². The van der Waals surface area contributed by atoms with Crippen molar-refractivity contribution in [1.29, 1.82) is 0 Å². The number of aromatic carboxylic acids is 1. The molecule has 1 fully saturated rings. The molecular formula is C11H15NO3S. The smallest absolute Gasteiger partial charge is 0.346 e. The summed E-state index contributed by atoms with van der Waals surface area (Å²) in [5, 5.41) is 19.8. The second kappa shape index (κ2) is 4.95. The van der Waals surface area contributed by atoms with E-state index in [9.17, 15) is 4.79 Å². The number of nitrogens with zero attached hydrogens (tertiary/aromatic N) is 1. The monoisotopic (exact) mass is 241 g/mol. The Bertz CT molecular complexity index is 377. The summed E-state index contributed by atoms with van der Waals surface area (Å²) in [6.07, 6.45) is 1.00. The van der Waals surface area contributed by atoms with Crippen molar-refractivity contribution in [2.24, 2.45) is 5.92 Å². The zero-order chi connectivity index (χ0) is 11.5. The number of aliphatic hydroxyl groups excluding tert-OH is 1. The summed E-state index contributed by atoms with van der Waals surface area (Å²) in [5.41, 5.74) is 0.885. The van der Waals surface area contributed by atoms with Crippen LogP contribution < -0.4 is 0 Å². The van der Waals surface area contributed by atoms with Crippen LogP contribution >= 0.6 is 11.3 Å². The lowest BCUT2D eigenvalue weighted by Crippen LogP contribution is -2.21. The number of hydrogen-bond acceptors (Lipinski definition) is 4. The van der Waals surface area contributed by atoms with E-state index in [1.54, 1.807) is 0 Å². The number of hydrogen-bond donors (Lipinski definition) is 2. The Kier molecular flexibility index (Phi) is 3.58. The molecule has 1 aromatic heterocycles. The SMILES string of the molecule is O=C(O)c1sccc1CN1CCC(CO)C1. The first-order valence-corrected chi connectivity index (χ1v) is 6.21. The fraction of sp³-hybridized carbons (Fsp3) is 0.545. The van der Waals surface area contributed by atoms with Crippen molar-refractivity contribution in [3.63, 3.8) is 0 Å². The number of aliphatic hydroxyl groups is 1. The van der Waals surface area contributed by atoms with Gasteiger partial charge in [0.15, 0.2) is 0 Å². The lowest BCUT2D eigenvalue weighted by Gasteiger charge is -2.15. The van der Waals surface area contributed by atoms with Gasteiger partial charge in [-0.3, -0.25) is 4.90 Å². The van der Waals surface area contributed by atoms with Gasteiger partial charge in [-0.2, -0.15) is 0 Å². The summed E-state index contributed by atoms with van der Waals surface area (Å²) in [4.78, 5) is 13.6. The highest BCUT2D eigenvalue weighted by molar-refractivity contribution is 7.12. The summed E-state index contributed by atoms with van der Waals surface area (Å²) >= 11 is 1.27. The van der Waals surface area contributed by atoms with Crippen LogP contribution in [0.4, 0.5) is 0 Å². The van der Waals surface area contributed by atoms with E-state index in [-0.39, 0.29) is 6.61 Å². The molecule has 5 heteroatoms. The van der Waals surface area contributed by atoms with Crippen LogP contribution in [0, 0.1) is 5.92 Å². The van der Waals surface area contributed by atoms with E-state index in [0.29, 0.717) is 17.3 Å². The second-order valence-corrected chi connectivity index (χ2v) is 5.07. The summed E-state index contributed by atoms with van der Waals surface area (Å²) in [6.45, 7) is 2.72. The third-order valence-corrected chi connectivity index (χ3v) is 3.91. The van der Waals surface area contributed by atoms with Gasteiger partial charge in [0, 0.05) is 19.7 Å². The van der Waals surface area contributed by atoms with E-state index in [0.717, 1.165) is 25.1 Å². The van der Waals surface area contributed by atoms with Gasteiger partial charge in [0.1, 0.15) is 4.88 Å². The van der Waals surface area contributed by atoms with E-state index in [1.165, 1.54) is 11.3 Å². The first-order chi connectivity index (χ1) is 7.70. The molecule has 16 heavy (non-hydrogen) atoms. The maximum Gasteiger partial charge on any atom is 0.346 e. The Balaban J connectivity index is 1.99. The standard InChI is InChI=1S/C11H15NO3S/c13-7-8-1-3-12(5-8)6-9-2-4-16-10(9)11(14)15/h2,4,8,13H,1,3,5-7H2,(H,14,15). The highest BCUT2D eigenvalue weighted by Crippen LogP contribution is 2.22. The van der Waals surface area contributed by atoms with Gasteiger partial charge < -0.3 is 10.2 Å². The molecule has 88 valence electrons. The van der Waals surface area contributed by atoms with Crippen molar-refractivity contribution in [1.82, 2.24) is 4.90 Å². The molecule has 0 aromatic carbocycles. The Morgan fingerprint density at radius 1 is 1.62 bits per heavy atom. The van der Waals surface area contributed by atoms with Crippen molar-refractivity contribution < 1.29 is 15.0 Å². The summed E-state index contributed by atoms with van der Waals surface area (Å²) < 4.78 is 0. The molecule has 2 rings (SSSR count). The van der Waals surface area contributed by atoms with Crippen molar-refractivity contribution in [3.05, 3.63) is 21.9 Å². The number of thiophene rings is 1. The lowest BCUT2D eigenvalue weighted by molar-refractivity contribution is 0.0700. The third kappa shape index (κ3) is 2.42. The number of likely N-dealkylation sites (tertiary alicyclic amines) is 1. The minimum Gasteiger partial charge on any atom is -0.477 e. The van der Waals surface area contributed by atoms with Crippen LogP contribution in [0.2, 0.25) is 0 Å². The first-order valence-electron chi connectivity index (χ1n) is 5.33. The molecule has 1 saturated heterocycles. The van der Waals surface area contributed by atoms with Crippen molar-refractivity contribution in [2.75, 3.05) is 19.7 Å². The Labute approximate surface area is 98.1 Å². The van der Waals surface area contributed by atoms with Gasteiger partial charge in [-0.05, 0) is 35.9 Å². The fourth-order valence-electron chi connectivity index (χ4n) is 2.09. The molecule has 0 saturated carbocycles. The highest BCUT2D eigenvalue weighted by Gasteiger charge is 2.23. The molecule has 1 unspecified atom stereocenters. The molecule has 0 amide bonds. The predicted molar refractivity (Wildman–Crippen MR) is 61.7 cm³/mol. The summed E-state index contributed by atoms with van der Waals surface area (Å²) in [7, 11) is 0. The van der Waals surface area contributed by atoms with Crippen LogP contribution in [-0.2, 0) is 6.54 Å². The molecule has 2 heterocycles. The maximum absolute atomic E-state index is 10.9. The molecule has 0 spiro atoms. The Morgan fingerprint density at radius 2 is 2.44 bits per heavy atom. The number of rotatable bonds is 4. The first kappa shape index (κ1) is 11.6. The van der Waals surface area contributed by atoms with Crippen LogP contribution in [0.5, 0.6) is 0 Å². The molecule has 0 aliphatic carbocycles. The zero-order valence-electron chi connectivity index (χ0n) is 8.93. The van der Waals surface area contributed by atoms with Crippen LogP contribution in [0.1, 0.15) is 21.7 Å². The number of carboxylic acids is 1. The molecule has 1 aliphatic rings. The average molecular weight is 241 g/mol. The topological polar surface area (TPSA) is 60.8 Å². The van der Waals surface area contributed by atoms with E-state index >= 15 is 0 Å². The predicted octanol–water partition coefficient (Wildman–Crippen LogP) is 1.26. The van der Waals surface area contributed by atoms with Crippen LogP contribution in [-0.4, -0.2) is 40.8 Å². The molecule has 1 atom stereocenters. The largest absolute Gasteiger partial charge is 0.477 e. The molecule has 2 N–H and O–H groups in total. The molecule has 0 radical (unpaired) electrons. The van der Waals surface area contributed by atoms with E-state index < -0.39 is 5.97 Å². The average Bonchev–Trinajstić information content (AvgIpc) is 2.87. The van der Waals surface area contributed by atoms with Gasteiger partial charge >= 0.3 is 5.97 Å². The molecule has 1 aliphatic heterocycles. The van der Waals surface area contributed by atoms with E-state index in [4.69, 9.17) is 10.2 Å². The number of carbonyl (C=O) groups is 1. The van der Waals surface area contributed by atoms with Gasteiger partial charge in [-0.1, -0.05) is 0 Å². The molecule has 0 bridgehead atoms. The molecule has 1 aromatic rings. The number of carboxylic acid groups (broad SMARTS) is 1. The van der Waals surface area contributed by atoms with Crippen molar-refractivity contribution in [3.8, 4) is 0 Å².